The number of methoxy groups -OCH3 is 1. The molecule has 0 aliphatic rings. The summed E-state index contributed by atoms with van der Waals surface area (Å²) in [5.74, 6) is 0.196. The summed E-state index contributed by atoms with van der Waals surface area (Å²) in [4.78, 5) is 38.0. The third-order valence-electron chi connectivity index (χ3n) is 5.14. The lowest BCUT2D eigenvalue weighted by Gasteiger charge is -2.20. The van der Waals surface area contributed by atoms with Crippen LogP contribution in [-0.4, -0.2) is 31.4 Å². The average molecular weight is 490 g/mol. The van der Waals surface area contributed by atoms with E-state index in [0.717, 1.165) is 0 Å². The maximum Gasteiger partial charge on any atom is 0.262 e. The number of ether oxygens (including phenoxy) is 2. The monoisotopic (exact) mass is 489 g/mol. The van der Waals surface area contributed by atoms with E-state index >= 15 is 0 Å². The number of nitrogens with one attached hydrogen (secondary N) is 3. The van der Waals surface area contributed by atoms with Crippen molar-refractivity contribution < 1.29 is 23.9 Å². The van der Waals surface area contributed by atoms with E-state index in [4.69, 9.17) is 9.47 Å². The topological polar surface area (TPSA) is 106 Å². The van der Waals surface area contributed by atoms with Crippen molar-refractivity contribution in [2.75, 3.05) is 24.4 Å². The normalized spacial score (nSPS) is 11.3. The van der Waals surface area contributed by atoms with E-state index in [2.05, 4.69) is 16.0 Å². The minimum absolute atomic E-state index is 0.164. The molecule has 1 atom stereocenters. The number of rotatable bonds is 11. The molecule has 0 heterocycles. The van der Waals surface area contributed by atoms with Gasteiger partial charge < -0.3 is 25.4 Å². The lowest BCUT2D eigenvalue weighted by atomic mass is 10.0. The highest BCUT2D eigenvalue weighted by molar-refractivity contribution is 5.99. The Balaban J connectivity index is 1.64. The molecule has 0 aliphatic heterocycles. The number of hydrogen-bond acceptors (Lipinski definition) is 5. The standard InChI is InChI=1S/C28H31N3O5/c1-19(2)16-25(32)31-27(20-10-5-4-6-11-20)28(34)30-22-13-9-12-21(17-22)29-26(33)18-36-24-15-8-7-14-23(24)35-3/h4-15,17,19,27H,16,18H2,1-3H3,(H,29,33)(H,30,34)(H,31,32). The van der Waals surface area contributed by atoms with Crippen LogP contribution in [0.5, 0.6) is 11.5 Å². The fourth-order valence-electron chi connectivity index (χ4n) is 3.50. The van der Waals surface area contributed by atoms with Gasteiger partial charge in [-0.25, -0.2) is 0 Å². The molecule has 0 spiro atoms. The number of anilines is 2. The lowest BCUT2D eigenvalue weighted by Crippen LogP contribution is -2.37. The van der Waals surface area contributed by atoms with Crippen LogP contribution in [0.4, 0.5) is 11.4 Å². The molecule has 0 bridgehead atoms. The molecular formula is C28H31N3O5. The van der Waals surface area contributed by atoms with Crippen molar-refractivity contribution in [2.45, 2.75) is 26.3 Å². The quantitative estimate of drug-likeness (QED) is 0.366. The molecule has 1 unspecified atom stereocenters. The summed E-state index contributed by atoms with van der Waals surface area (Å²) in [5, 5.41) is 8.41. The molecular weight excluding hydrogens is 458 g/mol. The van der Waals surface area contributed by atoms with Crippen LogP contribution < -0.4 is 25.4 Å². The van der Waals surface area contributed by atoms with Gasteiger partial charge in [0.1, 0.15) is 6.04 Å². The van der Waals surface area contributed by atoms with E-state index in [9.17, 15) is 14.4 Å². The molecule has 3 amide bonds. The second kappa shape index (κ2) is 12.9. The molecule has 0 aromatic heterocycles. The molecule has 3 rings (SSSR count). The Labute approximate surface area is 211 Å². The number of para-hydroxylation sites is 2. The van der Waals surface area contributed by atoms with Crippen LogP contribution in [0.1, 0.15) is 31.9 Å². The maximum atomic E-state index is 13.1. The van der Waals surface area contributed by atoms with Gasteiger partial charge in [0.25, 0.3) is 11.8 Å². The van der Waals surface area contributed by atoms with Gasteiger partial charge in [-0.2, -0.15) is 0 Å². The van der Waals surface area contributed by atoms with Crippen molar-refractivity contribution in [3.63, 3.8) is 0 Å². The zero-order valence-corrected chi connectivity index (χ0v) is 20.6. The van der Waals surface area contributed by atoms with E-state index in [-0.39, 0.29) is 30.2 Å². The Bertz CT molecular complexity index is 1180. The van der Waals surface area contributed by atoms with Gasteiger partial charge in [-0.05, 0) is 41.8 Å². The summed E-state index contributed by atoms with van der Waals surface area (Å²) < 4.78 is 10.8. The van der Waals surface area contributed by atoms with Crippen molar-refractivity contribution >= 4 is 29.1 Å². The van der Waals surface area contributed by atoms with Crippen molar-refractivity contribution in [1.29, 1.82) is 0 Å². The maximum absolute atomic E-state index is 13.1. The largest absolute Gasteiger partial charge is 0.493 e. The first-order valence-corrected chi connectivity index (χ1v) is 11.7. The Kier molecular flexibility index (Phi) is 9.45. The van der Waals surface area contributed by atoms with Crippen LogP contribution in [0, 0.1) is 5.92 Å². The zero-order valence-electron chi connectivity index (χ0n) is 20.6. The summed E-state index contributed by atoms with van der Waals surface area (Å²) in [6.45, 7) is 3.67. The molecule has 0 saturated carbocycles. The summed E-state index contributed by atoms with van der Waals surface area (Å²) >= 11 is 0. The summed E-state index contributed by atoms with van der Waals surface area (Å²) in [6, 6.07) is 22.0. The molecule has 3 N–H and O–H groups in total. The lowest BCUT2D eigenvalue weighted by molar-refractivity contribution is -0.127. The minimum Gasteiger partial charge on any atom is -0.493 e. The molecule has 8 nitrogen and oxygen atoms in total. The van der Waals surface area contributed by atoms with E-state index in [1.54, 1.807) is 54.6 Å². The number of hydrogen-bond donors (Lipinski definition) is 3. The van der Waals surface area contributed by atoms with Gasteiger partial charge in [0.2, 0.25) is 5.91 Å². The minimum atomic E-state index is -0.857. The summed E-state index contributed by atoms with van der Waals surface area (Å²) in [6.07, 6.45) is 0.315. The predicted molar refractivity (Wildman–Crippen MR) is 139 cm³/mol. The van der Waals surface area contributed by atoms with Crippen LogP contribution >= 0.6 is 0 Å². The first-order valence-electron chi connectivity index (χ1n) is 11.7. The van der Waals surface area contributed by atoms with Gasteiger partial charge in [0.05, 0.1) is 7.11 Å². The molecule has 0 fully saturated rings. The Hall–Kier alpha value is -4.33. The van der Waals surface area contributed by atoms with Crippen molar-refractivity contribution in [3.8, 4) is 11.5 Å². The molecule has 0 aliphatic carbocycles. The summed E-state index contributed by atoms with van der Waals surface area (Å²) in [5.41, 5.74) is 1.63. The average Bonchev–Trinajstić information content (AvgIpc) is 2.86. The number of carbonyl (C=O) groups is 3. The van der Waals surface area contributed by atoms with Gasteiger partial charge in [-0.1, -0.05) is 62.4 Å². The van der Waals surface area contributed by atoms with Crippen LogP contribution in [0.2, 0.25) is 0 Å². The van der Waals surface area contributed by atoms with Crippen LogP contribution in [0.3, 0.4) is 0 Å². The zero-order chi connectivity index (χ0) is 25.9. The third-order valence-corrected chi connectivity index (χ3v) is 5.14. The molecule has 188 valence electrons. The van der Waals surface area contributed by atoms with Gasteiger partial charge in [-0.3, -0.25) is 14.4 Å². The van der Waals surface area contributed by atoms with E-state index in [1.165, 1.54) is 7.11 Å². The Morgan fingerprint density at radius 2 is 1.42 bits per heavy atom. The fourth-order valence-corrected chi connectivity index (χ4v) is 3.50. The highest BCUT2D eigenvalue weighted by Gasteiger charge is 2.23. The number of carbonyl (C=O) groups excluding carboxylic acids is 3. The predicted octanol–water partition coefficient (Wildman–Crippen LogP) is 4.55. The Morgan fingerprint density at radius 3 is 2.08 bits per heavy atom. The third kappa shape index (κ3) is 7.87. The molecule has 36 heavy (non-hydrogen) atoms. The van der Waals surface area contributed by atoms with E-state index in [0.29, 0.717) is 34.9 Å². The number of amides is 3. The van der Waals surface area contributed by atoms with Gasteiger partial charge in [0, 0.05) is 17.8 Å². The Morgan fingerprint density at radius 1 is 0.778 bits per heavy atom. The molecule has 8 heteroatoms. The van der Waals surface area contributed by atoms with Crippen LogP contribution in [0.15, 0.2) is 78.9 Å². The molecule has 0 radical (unpaired) electrons. The van der Waals surface area contributed by atoms with Crippen molar-refractivity contribution in [2.24, 2.45) is 5.92 Å². The van der Waals surface area contributed by atoms with Crippen LogP contribution in [-0.2, 0) is 14.4 Å². The molecule has 3 aromatic rings. The first kappa shape index (κ1) is 26.3. The first-order chi connectivity index (χ1) is 17.4. The number of benzene rings is 3. The van der Waals surface area contributed by atoms with Gasteiger partial charge in [-0.15, -0.1) is 0 Å². The smallest absolute Gasteiger partial charge is 0.262 e. The highest BCUT2D eigenvalue weighted by atomic mass is 16.5. The molecule has 3 aromatic carbocycles. The van der Waals surface area contributed by atoms with Gasteiger partial charge >= 0.3 is 0 Å². The van der Waals surface area contributed by atoms with Crippen LogP contribution in [0.25, 0.3) is 0 Å². The second-order valence-corrected chi connectivity index (χ2v) is 8.57. The second-order valence-electron chi connectivity index (χ2n) is 8.57. The van der Waals surface area contributed by atoms with E-state index < -0.39 is 6.04 Å². The van der Waals surface area contributed by atoms with E-state index in [1.807, 2.05) is 38.1 Å². The fraction of sp³-hybridized carbons (Fsp3) is 0.250. The van der Waals surface area contributed by atoms with Crippen molar-refractivity contribution in [3.05, 3.63) is 84.4 Å². The summed E-state index contributed by atoms with van der Waals surface area (Å²) in [7, 11) is 1.53. The van der Waals surface area contributed by atoms with Gasteiger partial charge in [0.15, 0.2) is 18.1 Å². The molecule has 0 saturated heterocycles. The van der Waals surface area contributed by atoms with Crippen molar-refractivity contribution in [1.82, 2.24) is 5.32 Å². The SMILES string of the molecule is COc1ccccc1OCC(=O)Nc1cccc(NC(=O)C(NC(=O)CC(C)C)c2ccccc2)c1. The highest BCUT2D eigenvalue weighted by Crippen LogP contribution is 2.26.